The number of pyridine rings is 1. The summed E-state index contributed by atoms with van der Waals surface area (Å²) in [5.74, 6) is 0. The lowest BCUT2D eigenvalue weighted by Crippen LogP contribution is -2.07. The van der Waals surface area contributed by atoms with E-state index in [0.29, 0.717) is 5.56 Å². The molecule has 6 heteroatoms. The molecule has 0 unspecified atom stereocenters. The van der Waals surface area contributed by atoms with Crippen molar-refractivity contribution in [3.63, 3.8) is 0 Å². The molecule has 0 atom stereocenters. The van der Waals surface area contributed by atoms with E-state index < -0.39 is 11.7 Å². The minimum Gasteiger partial charge on any atom is -0.268 e. The summed E-state index contributed by atoms with van der Waals surface area (Å²) in [6.07, 6.45) is 0.751. The lowest BCUT2D eigenvalue weighted by molar-refractivity contribution is -0.137. The molecule has 2 aromatic heterocycles. The number of aromatic nitrogens is 3. The third-order valence-electron chi connectivity index (χ3n) is 3.22. The van der Waals surface area contributed by atoms with Crippen LogP contribution in [0.1, 0.15) is 11.1 Å². The summed E-state index contributed by atoms with van der Waals surface area (Å²) < 4.78 is 39.7. The zero-order chi connectivity index (χ0) is 15.6. The molecule has 0 saturated carbocycles. The first-order valence-corrected chi connectivity index (χ1v) is 6.62. The quantitative estimate of drug-likeness (QED) is 0.732. The first kappa shape index (κ1) is 14.3. The zero-order valence-electron chi connectivity index (χ0n) is 11.5. The van der Waals surface area contributed by atoms with Crippen LogP contribution in [0.3, 0.4) is 0 Å². The van der Waals surface area contributed by atoms with E-state index in [1.54, 1.807) is 29.3 Å². The van der Waals surface area contributed by atoms with Crippen molar-refractivity contribution in [2.45, 2.75) is 12.7 Å². The summed E-state index contributed by atoms with van der Waals surface area (Å²) in [4.78, 5) is 3.94. The minimum atomic E-state index is -4.33. The van der Waals surface area contributed by atoms with E-state index in [-0.39, 0.29) is 6.54 Å². The van der Waals surface area contributed by atoms with Crippen molar-refractivity contribution in [3.05, 3.63) is 72.2 Å². The Kier molecular flexibility index (Phi) is 3.66. The predicted octanol–water partition coefficient (Wildman–Crippen LogP) is 4.01. The third kappa shape index (κ3) is 3.16. The molecule has 112 valence electrons. The second-order valence-electron chi connectivity index (χ2n) is 4.83. The zero-order valence-corrected chi connectivity index (χ0v) is 11.5. The molecule has 0 amide bonds. The molecule has 0 N–H and O–H groups in total. The Hall–Kier alpha value is -2.63. The van der Waals surface area contributed by atoms with Gasteiger partial charge in [-0.3, -0.25) is 9.67 Å². The van der Waals surface area contributed by atoms with Gasteiger partial charge < -0.3 is 0 Å². The molecule has 0 bridgehead atoms. The highest BCUT2D eigenvalue weighted by molar-refractivity contribution is 5.57. The van der Waals surface area contributed by atoms with Gasteiger partial charge in [0.2, 0.25) is 0 Å². The van der Waals surface area contributed by atoms with Crippen molar-refractivity contribution in [2.75, 3.05) is 0 Å². The van der Waals surface area contributed by atoms with Gasteiger partial charge in [0.15, 0.2) is 0 Å². The lowest BCUT2D eigenvalue weighted by Gasteiger charge is -2.08. The van der Waals surface area contributed by atoms with Gasteiger partial charge in [-0.1, -0.05) is 12.1 Å². The molecule has 3 nitrogen and oxygen atoms in total. The van der Waals surface area contributed by atoms with Crippen molar-refractivity contribution in [1.82, 2.24) is 14.8 Å². The smallest absolute Gasteiger partial charge is 0.268 e. The number of hydrogen-bond acceptors (Lipinski definition) is 2. The summed E-state index contributed by atoms with van der Waals surface area (Å²) in [6, 6.07) is 10.8. The van der Waals surface area contributed by atoms with E-state index in [1.165, 1.54) is 6.07 Å². The second-order valence-corrected chi connectivity index (χ2v) is 4.83. The van der Waals surface area contributed by atoms with Gasteiger partial charge in [0.05, 0.1) is 17.8 Å². The van der Waals surface area contributed by atoms with Crippen LogP contribution in [-0.2, 0) is 12.7 Å². The summed E-state index contributed by atoms with van der Waals surface area (Å²) in [5.41, 5.74) is 1.58. The van der Waals surface area contributed by atoms with Crippen LogP contribution in [-0.4, -0.2) is 14.8 Å². The largest absolute Gasteiger partial charge is 0.416 e. The highest BCUT2D eigenvalue weighted by Crippen LogP contribution is 2.29. The van der Waals surface area contributed by atoms with Crippen LogP contribution in [0.25, 0.3) is 11.3 Å². The predicted molar refractivity (Wildman–Crippen MR) is 76.0 cm³/mol. The molecule has 3 aromatic rings. The SMILES string of the molecule is FC(F)(F)c1cccc(Cn2ccc(-c3ccncc3)n2)c1. The Bertz CT molecular complexity index is 764. The van der Waals surface area contributed by atoms with Gasteiger partial charge in [-0.2, -0.15) is 18.3 Å². The molecule has 0 radical (unpaired) electrons. The maximum Gasteiger partial charge on any atom is 0.416 e. The molecule has 0 saturated heterocycles. The van der Waals surface area contributed by atoms with E-state index in [9.17, 15) is 13.2 Å². The van der Waals surface area contributed by atoms with Gasteiger partial charge in [0.1, 0.15) is 0 Å². The van der Waals surface area contributed by atoms with E-state index in [0.717, 1.165) is 23.4 Å². The third-order valence-corrected chi connectivity index (χ3v) is 3.22. The Morgan fingerprint density at radius 2 is 1.77 bits per heavy atom. The fraction of sp³-hybridized carbons (Fsp3) is 0.125. The van der Waals surface area contributed by atoms with Gasteiger partial charge in [-0.25, -0.2) is 0 Å². The highest BCUT2D eigenvalue weighted by atomic mass is 19.4. The fourth-order valence-electron chi connectivity index (χ4n) is 2.16. The molecule has 0 fully saturated rings. The first-order chi connectivity index (χ1) is 10.5. The van der Waals surface area contributed by atoms with E-state index in [1.807, 2.05) is 18.2 Å². The molecule has 1 aromatic carbocycles. The molecule has 0 aliphatic rings. The lowest BCUT2D eigenvalue weighted by atomic mass is 10.1. The Labute approximate surface area is 125 Å². The molecular weight excluding hydrogens is 291 g/mol. The molecule has 2 heterocycles. The Balaban J connectivity index is 1.81. The van der Waals surface area contributed by atoms with Crippen LogP contribution in [0.4, 0.5) is 13.2 Å². The molecule has 3 rings (SSSR count). The van der Waals surface area contributed by atoms with Gasteiger partial charge in [-0.05, 0) is 35.9 Å². The highest BCUT2D eigenvalue weighted by Gasteiger charge is 2.30. The monoisotopic (exact) mass is 303 g/mol. The summed E-state index contributed by atoms with van der Waals surface area (Å²) in [7, 11) is 0. The average Bonchev–Trinajstić information content (AvgIpc) is 2.96. The van der Waals surface area contributed by atoms with E-state index in [4.69, 9.17) is 0 Å². The fourth-order valence-corrected chi connectivity index (χ4v) is 2.16. The molecule has 22 heavy (non-hydrogen) atoms. The van der Waals surface area contributed by atoms with Crippen LogP contribution in [0.2, 0.25) is 0 Å². The number of rotatable bonds is 3. The van der Waals surface area contributed by atoms with Crippen LogP contribution in [0.5, 0.6) is 0 Å². The van der Waals surface area contributed by atoms with Gasteiger partial charge in [0.25, 0.3) is 0 Å². The van der Waals surface area contributed by atoms with E-state index >= 15 is 0 Å². The number of nitrogens with zero attached hydrogens (tertiary/aromatic N) is 3. The molecular formula is C16H12F3N3. The summed E-state index contributed by atoms with van der Waals surface area (Å²) >= 11 is 0. The van der Waals surface area contributed by atoms with Crippen LogP contribution in [0.15, 0.2) is 61.1 Å². The summed E-state index contributed by atoms with van der Waals surface area (Å²) in [5, 5.41) is 4.38. The number of alkyl halides is 3. The Morgan fingerprint density at radius 1 is 1.00 bits per heavy atom. The van der Waals surface area contributed by atoms with Gasteiger partial charge >= 0.3 is 6.18 Å². The van der Waals surface area contributed by atoms with Gasteiger partial charge in [0, 0.05) is 24.2 Å². The number of benzene rings is 1. The van der Waals surface area contributed by atoms with E-state index in [2.05, 4.69) is 10.1 Å². The summed E-state index contributed by atoms with van der Waals surface area (Å²) in [6.45, 7) is 0.287. The first-order valence-electron chi connectivity index (χ1n) is 6.62. The normalized spacial score (nSPS) is 11.6. The topological polar surface area (TPSA) is 30.7 Å². The van der Waals surface area contributed by atoms with Crippen LogP contribution >= 0.6 is 0 Å². The van der Waals surface area contributed by atoms with Crippen molar-refractivity contribution < 1.29 is 13.2 Å². The molecule has 0 aliphatic heterocycles. The number of halogens is 3. The molecule has 0 aliphatic carbocycles. The van der Waals surface area contributed by atoms with Crippen molar-refractivity contribution in [2.24, 2.45) is 0 Å². The van der Waals surface area contributed by atoms with Crippen LogP contribution < -0.4 is 0 Å². The average molecular weight is 303 g/mol. The van der Waals surface area contributed by atoms with Crippen molar-refractivity contribution in [1.29, 1.82) is 0 Å². The Morgan fingerprint density at radius 3 is 2.50 bits per heavy atom. The van der Waals surface area contributed by atoms with Crippen molar-refractivity contribution >= 4 is 0 Å². The minimum absolute atomic E-state index is 0.287. The van der Waals surface area contributed by atoms with Crippen LogP contribution in [0, 0.1) is 0 Å². The second kappa shape index (κ2) is 5.63. The standard InChI is InChI=1S/C16H12F3N3/c17-16(18,19)14-3-1-2-12(10-14)11-22-9-6-15(21-22)13-4-7-20-8-5-13/h1-10H,11H2. The maximum atomic E-state index is 12.7. The molecule has 0 spiro atoms. The van der Waals surface area contributed by atoms with Gasteiger partial charge in [-0.15, -0.1) is 0 Å². The maximum absolute atomic E-state index is 12.7. The number of hydrogen-bond donors (Lipinski definition) is 0. The van der Waals surface area contributed by atoms with Crippen molar-refractivity contribution in [3.8, 4) is 11.3 Å².